The van der Waals surface area contributed by atoms with E-state index in [0.29, 0.717) is 44.6 Å². The summed E-state index contributed by atoms with van der Waals surface area (Å²) in [7, 11) is 0. The number of nitriles is 1. The number of likely N-dealkylation sites (tertiary alicyclic amines) is 1. The highest BCUT2D eigenvalue weighted by Gasteiger charge is 2.34. The van der Waals surface area contributed by atoms with Crippen molar-refractivity contribution in [1.29, 1.82) is 5.26 Å². The van der Waals surface area contributed by atoms with Crippen molar-refractivity contribution in [3.8, 4) is 6.07 Å². The van der Waals surface area contributed by atoms with E-state index in [1.807, 2.05) is 37.8 Å². The van der Waals surface area contributed by atoms with Gasteiger partial charge in [0, 0.05) is 32.1 Å². The van der Waals surface area contributed by atoms with Crippen LogP contribution in [0.25, 0.3) is 0 Å². The summed E-state index contributed by atoms with van der Waals surface area (Å²) >= 11 is 0. The molecule has 138 valence electrons. The lowest BCUT2D eigenvalue weighted by molar-refractivity contribution is -0.137. The van der Waals surface area contributed by atoms with E-state index in [4.69, 9.17) is 4.74 Å². The topological polar surface area (TPSA) is 73.6 Å². The van der Waals surface area contributed by atoms with Crippen LogP contribution in [-0.2, 0) is 22.6 Å². The predicted octanol–water partition coefficient (Wildman–Crippen LogP) is 3.05. The van der Waals surface area contributed by atoms with Crippen LogP contribution in [0.4, 0.5) is 4.79 Å². The van der Waals surface area contributed by atoms with Gasteiger partial charge in [-0.1, -0.05) is 12.1 Å². The number of carbonyl (C=O) groups excluding carboxylic acids is 2. The minimum absolute atomic E-state index is 0.0754. The molecule has 0 aliphatic carbocycles. The first-order valence-electron chi connectivity index (χ1n) is 9.06. The van der Waals surface area contributed by atoms with E-state index in [0.717, 1.165) is 11.1 Å². The van der Waals surface area contributed by atoms with E-state index in [-0.39, 0.29) is 17.9 Å². The van der Waals surface area contributed by atoms with Gasteiger partial charge in [-0.15, -0.1) is 0 Å². The van der Waals surface area contributed by atoms with Crippen molar-refractivity contribution >= 4 is 12.0 Å². The lowest BCUT2D eigenvalue weighted by atomic mass is 9.95. The van der Waals surface area contributed by atoms with Crippen LogP contribution in [0.15, 0.2) is 18.2 Å². The molecule has 6 heteroatoms. The standard InChI is InChI=1S/C20H25N3O3/c1-20(2,3)26-19(25)22-9-7-14(8-10-22)18(24)23-12-16-6-4-5-15(11-21)17(16)13-23/h4-6,14H,7-10,12-13H2,1-3H3. The second-order valence-corrected chi connectivity index (χ2v) is 7.99. The summed E-state index contributed by atoms with van der Waals surface area (Å²) in [6, 6.07) is 7.85. The Kier molecular flexibility index (Phi) is 4.90. The van der Waals surface area contributed by atoms with E-state index in [9.17, 15) is 14.9 Å². The van der Waals surface area contributed by atoms with Crippen LogP contribution < -0.4 is 0 Å². The lowest BCUT2D eigenvalue weighted by Gasteiger charge is -2.34. The first-order valence-corrected chi connectivity index (χ1v) is 9.06. The van der Waals surface area contributed by atoms with Crippen molar-refractivity contribution in [3.05, 3.63) is 34.9 Å². The molecule has 1 aromatic carbocycles. The van der Waals surface area contributed by atoms with Crippen LogP contribution in [0.5, 0.6) is 0 Å². The Hall–Kier alpha value is -2.55. The van der Waals surface area contributed by atoms with Crippen LogP contribution in [0.1, 0.15) is 50.3 Å². The highest BCUT2D eigenvalue weighted by atomic mass is 16.6. The van der Waals surface area contributed by atoms with Gasteiger partial charge in [0.2, 0.25) is 5.91 Å². The fourth-order valence-corrected chi connectivity index (χ4v) is 3.58. The smallest absolute Gasteiger partial charge is 0.410 e. The van der Waals surface area contributed by atoms with Gasteiger partial charge in [-0.25, -0.2) is 4.79 Å². The van der Waals surface area contributed by atoms with E-state index in [1.165, 1.54) is 0 Å². The molecule has 0 atom stereocenters. The zero-order chi connectivity index (χ0) is 18.9. The van der Waals surface area contributed by atoms with Gasteiger partial charge in [0.15, 0.2) is 0 Å². The van der Waals surface area contributed by atoms with Crippen LogP contribution in [0.3, 0.4) is 0 Å². The fraction of sp³-hybridized carbons (Fsp3) is 0.550. The molecule has 1 fully saturated rings. The molecule has 2 amide bonds. The summed E-state index contributed by atoms with van der Waals surface area (Å²) in [5.74, 6) is 0.0439. The third-order valence-electron chi connectivity index (χ3n) is 4.91. The van der Waals surface area contributed by atoms with E-state index in [1.54, 1.807) is 11.0 Å². The largest absolute Gasteiger partial charge is 0.444 e. The first-order chi connectivity index (χ1) is 12.3. The molecule has 0 spiro atoms. The number of carbonyl (C=O) groups is 2. The maximum absolute atomic E-state index is 12.9. The fourth-order valence-electron chi connectivity index (χ4n) is 3.58. The van der Waals surface area contributed by atoms with Gasteiger partial charge in [-0.2, -0.15) is 5.26 Å². The molecule has 0 N–H and O–H groups in total. The van der Waals surface area contributed by atoms with Gasteiger partial charge < -0.3 is 14.5 Å². The number of hydrogen-bond donors (Lipinski definition) is 0. The number of ether oxygens (including phenoxy) is 1. The number of fused-ring (bicyclic) bond motifs is 1. The third kappa shape index (κ3) is 3.82. The predicted molar refractivity (Wildman–Crippen MR) is 95.9 cm³/mol. The van der Waals surface area contributed by atoms with Gasteiger partial charge in [0.05, 0.1) is 11.6 Å². The second-order valence-electron chi connectivity index (χ2n) is 7.99. The average molecular weight is 355 g/mol. The van der Waals surface area contributed by atoms with E-state index in [2.05, 4.69) is 6.07 Å². The van der Waals surface area contributed by atoms with Crippen LogP contribution >= 0.6 is 0 Å². The molecule has 0 unspecified atom stereocenters. The summed E-state index contributed by atoms with van der Waals surface area (Å²) in [6.45, 7) is 7.69. The molecule has 0 aromatic heterocycles. The molecule has 1 aromatic rings. The SMILES string of the molecule is CC(C)(C)OC(=O)N1CCC(C(=O)N2Cc3cccc(C#N)c3C2)CC1. The molecule has 0 bridgehead atoms. The molecule has 3 rings (SSSR count). The quantitative estimate of drug-likeness (QED) is 0.776. The van der Waals surface area contributed by atoms with Crippen LogP contribution in [0, 0.1) is 17.2 Å². The molecule has 26 heavy (non-hydrogen) atoms. The maximum Gasteiger partial charge on any atom is 0.410 e. The second kappa shape index (κ2) is 6.99. The summed E-state index contributed by atoms with van der Waals surface area (Å²) in [6.07, 6.45) is 0.988. The van der Waals surface area contributed by atoms with Crippen LogP contribution in [0.2, 0.25) is 0 Å². The summed E-state index contributed by atoms with van der Waals surface area (Å²) in [4.78, 5) is 28.5. The highest BCUT2D eigenvalue weighted by Crippen LogP contribution is 2.29. The molecule has 2 heterocycles. The van der Waals surface area contributed by atoms with Crippen molar-refractivity contribution in [3.63, 3.8) is 0 Å². The first kappa shape index (κ1) is 18.2. The van der Waals surface area contributed by atoms with Gasteiger partial charge in [0.1, 0.15) is 5.60 Å². The van der Waals surface area contributed by atoms with E-state index < -0.39 is 5.60 Å². The van der Waals surface area contributed by atoms with E-state index >= 15 is 0 Å². The molecular weight excluding hydrogens is 330 g/mol. The minimum atomic E-state index is -0.510. The highest BCUT2D eigenvalue weighted by molar-refractivity contribution is 5.80. The monoisotopic (exact) mass is 355 g/mol. The molecule has 6 nitrogen and oxygen atoms in total. The van der Waals surface area contributed by atoms with Gasteiger partial charge in [-0.05, 0) is 50.8 Å². The van der Waals surface area contributed by atoms with Crippen molar-refractivity contribution in [2.45, 2.75) is 52.3 Å². The summed E-state index contributed by atoms with van der Waals surface area (Å²) < 4.78 is 5.40. The van der Waals surface area contributed by atoms with Crippen molar-refractivity contribution in [1.82, 2.24) is 9.80 Å². The number of amides is 2. The Labute approximate surface area is 154 Å². The summed E-state index contributed by atoms with van der Waals surface area (Å²) in [5.41, 5.74) is 2.17. The van der Waals surface area contributed by atoms with Gasteiger partial charge in [0.25, 0.3) is 0 Å². The minimum Gasteiger partial charge on any atom is -0.444 e. The normalized spacial score (nSPS) is 17.6. The van der Waals surface area contributed by atoms with Gasteiger partial charge >= 0.3 is 6.09 Å². The Morgan fingerprint density at radius 1 is 1.15 bits per heavy atom. The van der Waals surface area contributed by atoms with Crippen LogP contribution in [-0.4, -0.2) is 40.5 Å². The third-order valence-corrected chi connectivity index (χ3v) is 4.91. The molecule has 0 saturated carbocycles. The van der Waals surface area contributed by atoms with Crippen molar-refractivity contribution in [2.24, 2.45) is 5.92 Å². The number of rotatable bonds is 1. The average Bonchev–Trinajstić information content (AvgIpc) is 3.04. The Bertz CT molecular complexity index is 753. The Morgan fingerprint density at radius 3 is 2.46 bits per heavy atom. The number of nitrogens with zero attached hydrogens (tertiary/aromatic N) is 3. The zero-order valence-electron chi connectivity index (χ0n) is 15.6. The molecule has 2 aliphatic rings. The summed E-state index contributed by atoms with van der Waals surface area (Å²) in [5, 5.41) is 9.23. The molecule has 0 radical (unpaired) electrons. The number of piperidine rings is 1. The Balaban J connectivity index is 1.57. The zero-order valence-corrected chi connectivity index (χ0v) is 15.6. The van der Waals surface area contributed by atoms with Crippen molar-refractivity contribution < 1.29 is 14.3 Å². The Morgan fingerprint density at radius 2 is 1.85 bits per heavy atom. The lowest BCUT2D eigenvalue weighted by Crippen LogP contribution is -2.45. The maximum atomic E-state index is 12.9. The van der Waals surface area contributed by atoms with Crippen molar-refractivity contribution in [2.75, 3.05) is 13.1 Å². The molecule has 1 saturated heterocycles. The van der Waals surface area contributed by atoms with Gasteiger partial charge in [-0.3, -0.25) is 4.79 Å². The number of hydrogen-bond acceptors (Lipinski definition) is 4. The molecular formula is C20H25N3O3. The number of benzene rings is 1. The molecule has 2 aliphatic heterocycles.